The Bertz CT molecular complexity index is 510. The fraction of sp³-hybridized carbons (Fsp3) is 0.385. The molecular formula is C13H17N3OS. The van der Waals surface area contributed by atoms with Crippen LogP contribution in [0.5, 0.6) is 0 Å². The minimum absolute atomic E-state index is 0.193. The molecule has 2 aromatic rings. The van der Waals surface area contributed by atoms with E-state index in [4.69, 9.17) is 10.3 Å². The molecule has 1 atom stereocenters. The van der Waals surface area contributed by atoms with Crippen molar-refractivity contribution in [2.24, 2.45) is 5.73 Å². The molecule has 5 heteroatoms. The quantitative estimate of drug-likeness (QED) is 0.898. The van der Waals surface area contributed by atoms with Crippen LogP contribution in [0, 0.1) is 6.92 Å². The van der Waals surface area contributed by atoms with Crippen molar-refractivity contribution >= 4 is 11.8 Å². The summed E-state index contributed by atoms with van der Waals surface area (Å²) in [6, 6.07) is 8.22. The van der Waals surface area contributed by atoms with E-state index in [9.17, 15) is 0 Å². The number of nitrogens with zero attached hydrogens (tertiary/aromatic N) is 2. The molecule has 0 aliphatic carbocycles. The number of nitrogens with two attached hydrogens (primary N) is 1. The number of thioether (sulfide) groups is 1. The van der Waals surface area contributed by atoms with Gasteiger partial charge in [-0.2, -0.15) is 16.7 Å². The number of aryl methyl sites for hydroxylation is 1. The summed E-state index contributed by atoms with van der Waals surface area (Å²) in [5, 5.41) is 3.97. The molecule has 96 valence electrons. The van der Waals surface area contributed by atoms with Gasteiger partial charge in [-0.05, 0) is 26.0 Å². The summed E-state index contributed by atoms with van der Waals surface area (Å²) >= 11 is 1.72. The van der Waals surface area contributed by atoms with E-state index in [-0.39, 0.29) is 6.04 Å². The van der Waals surface area contributed by atoms with E-state index in [1.165, 1.54) is 5.56 Å². The summed E-state index contributed by atoms with van der Waals surface area (Å²) in [6.07, 6.45) is 0. The van der Waals surface area contributed by atoms with Crippen LogP contribution < -0.4 is 5.73 Å². The molecule has 18 heavy (non-hydrogen) atoms. The van der Waals surface area contributed by atoms with Crippen LogP contribution in [0.3, 0.4) is 0 Å². The number of benzene rings is 1. The number of aromatic nitrogens is 2. The highest BCUT2D eigenvalue weighted by Gasteiger charge is 2.09. The van der Waals surface area contributed by atoms with Gasteiger partial charge in [0.2, 0.25) is 0 Å². The van der Waals surface area contributed by atoms with E-state index < -0.39 is 0 Å². The van der Waals surface area contributed by atoms with Crippen molar-refractivity contribution in [3.05, 3.63) is 35.7 Å². The van der Waals surface area contributed by atoms with Gasteiger partial charge in [0, 0.05) is 17.4 Å². The van der Waals surface area contributed by atoms with Crippen molar-refractivity contribution in [1.29, 1.82) is 0 Å². The van der Waals surface area contributed by atoms with Gasteiger partial charge in [0.15, 0.2) is 5.82 Å². The molecule has 1 unspecified atom stereocenters. The second kappa shape index (κ2) is 6.02. The van der Waals surface area contributed by atoms with E-state index in [1.807, 2.05) is 38.1 Å². The highest BCUT2D eigenvalue weighted by molar-refractivity contribution is 7.98. The average Bonchev–Trinajstić information content (AvgIpc) is 2.77. The van der Waals surface area contributed by atoms with Gasteiger partial charge >= 0.3 is 0 Å². The molecule has 1 aromatic heterocycles. The molecule has 0 aliphatic heterocycles. The van der Waals surface area contributed by atoms with Crippen molar-refractivity contribution < 1.29 is 4.52 Å². The Balaban J connectivity index is 2.02. The Kier molecular flexibility index (Phi) is 4.38. The summed E-state index contributed by atoms with van der Waals surface area (Å²) in [5.74, 6) is 2.93. The first kappa shape index (κ1) is 13.1. The van der Waals surface area contributed by atoms with Crippen LogP contribution in [-0.4, -0.2) is 21.9 Å². The molecule has 0 saturated heterocycles. The van der Waals surface area contributed by atoms with E-state index in [0.717, 1.165) is 22.9 Å². The second-order valence-corrected chi connectivity index (χ2v) is 5.41. The van der Waals surface area contributed by atoms with Gasteiger partial charge in [0.1, 0.15) is 0 Å². The second-order valence-electron chi connectivity index (χ2n) is 4.38. The molecule has 1 heterocycles. The number of hydrogen-bond donors (Lipinski definition) is 1. The first-order valence-electron chi connectivity index (χ1n) is 5.88. The predicted molar refractivity (Wildman–Crippen MR) is 74.3 cm³/mol. The summed E-state index contributed by atoms with van der Waals surface area (Å²) in [7, 11) is 0. The molecule has 2 N–H and O–H groups in total. The van der Waals surface area contributed by atoms with Gasteiger partial charge in [0.05, 0.1) is 5.75 Å². The van der Waals surface area contributed by atoms with Crippen LogP contribution in [0.2, 0.25) is 0 Å². The topological polar surface area (TPSA) is 64.9 Å². The first-order chi connectivity index (χ1) is 8.65. The highest BCUT2D eigenvalue weighted by atomic mass is 32.2. The number of hydrogen-bond acceptors (Lipinski definition) is 5. The lowest BCUT2D eigenvalue weighted by Gasteiger charge is -2.01. The fourth-order valence-corrected chi connectivity index (χ4v) is 2.33. The van der Waals surface area contributed by atoms with Gasteiger partial charge < -0.3 is 10.3 Å². The average molecular weight is 263 g/mol. The van der Waals surface area contributed by atoms with E-state index >= 15 is 0 Å². The van der Waals surface area contributed by atoms with Gasteiger partial charge in [-0.1, -0.05) is 22.9 Å². The lowest BCUT2D eigenvalue weighted by Crippen LogP contribution is -2.17. The third kappa shape index (κ3) is 3.58. The highest BCUT2D eigenvalue weighted by Crippen LogP contribution is 2.19. The van der Waals surface area contributed by atoms with Crippen molar-refractivity contribution in [3.8, 4) is 11.5 Å². The van der Waals surface area contributed by atoms with Gasteiger partial charge in [-0.25, -0.2) is 0 Å². The van der Waals surface area contributed by atoms with E-state index in [2.05, 4.69) is 10.1 Å². The summed E-state index contributed by atoms with van der Waals surface area (Å²) in [4.78, 5) is 4.38. The monoisotopic (exact) mass is 263 g/mol. The Morgan fingerprint density at radius 1 is 1.44 bits per heavy atom. The normalized spacial score (nSPS) is 12.6. The minimum Gasteiger partial charge on any atom is -0.334 e. The Morgan fingerprint density at radius 2 is 2.28 bits per heavy atom. The zero-order chi connectivity index (χ0) is 13.0. The zero-order valence-electron chi connectivity index (χ0n) is 10.6. The zero-order valence-corrected chi connectivity index (χ0v) is 11.4. The molecule has 4 nitrogen and oxygen atoms in total. The van der Waals surface area contributed by atoms with Crippen LogP contribution in [0.1, 0.15) is 18.3 Å². The molecule has 1 aromatic carbocycles. The van der Waals surface area contributed by atoms with Crippen molar-refractivity contribution in [2.75, 3.05) is 5.75 Å². The molecule has 2 rings (SSSR count). The molecule has 0 fully saturated rings. The summed E-state index contributed by atoms with van der Waals surface area (Å²) in [5.41, 5.74) is 7.83. The first-order valence-corrected chi connectivity index (χ1v) is 7.03. The van der Waals surface area contributed by atoms with Crippen LogP contribution in [-0.2, 0) is 5.75 Å². The Hall–Kier alpha value is -1.33. The maximum atomic E-state index is 5.68. The molecule has 0 radical (unpaired) electrons. The van der Waals surface area contributed by atoms with Crippen LogP contribution in [0.15, 0.2) is 28.8 Å². The van der Waals surface area contributed by atoms with Gasteiger partial charge in [-0.15, -0.1) is 0 Å². The Morgan fingerprint density at radius 3 is 3.00 bits per heavy atom. The van der Waals surface area contributed by atoms with Gasteiger partial charge in [-0.3, -0.25) is 0 Å². The molecular weight excluding hydrogens is 246 g/mol. The third-order valence-corrected chi connectivity index (χ3v) is 3.57. The minimum atomic E-state index is 0.193. The fourth-order valence-electron chi connectivity index (χ4n) is 1.54. The molecule has 0 aliphatic rings. The van der Waals surface area contributed by atoms with Crippen LogP contribution >= 0.6 is 11.8 Å². The van der Waals surface area contributed by atoms with Crippen molar-refractivity contribution in [1.82, 2.24) is 10.1 Å². The molecule has 0 bridgehead atoms. The predicted octanol–water partition coefficient (Wildman–Crippen LogP) is 2.63. The van der Waals surface area contributed by atoms with Crippen molar-refractivity contribution in [3.63, 3.8) is 0 Å². The third-order valence-electron chi connectivity index (χ3n) is 2.35. The number of rotatable bonds is 5. The smallest absolute Gasteiger partial charge is 0.257 e. The SMILES string of the molecule is Cc1cccc(-c2nc(CSCC(C)N)no2)c1. The van der Waals surface area contributed by atoms with Crippen LogP contribution in [0.4, 0.5) is 0 Å². The van der Waals surface area contributed by atoms with Gasteiger partial charge in [0.25, 0.3) is 5.89 Å². The van der Waals surface area contributed by atoms with E-state index in [1.54, 1.807) is 11.8 Å². The molecule has 0 amide bonds. The molecule has 0 spiro atoms. The van der Waals surface area contributed by atoms with E-state index in [0.29, 0.717) is 5.89 Å². The summed E-state index contributed by atoms with van der Waals surface area (Å²) < 4.78 is 5.26. The lowest BCUT2D eigenvalue weighted by molar-refractivity contribution is 0.425. The van der Waals surface area contributed by atoms with Crippen LogP contribution in [0.25, 0.3) is 11.5 Å². The summed E-state index contributed by atoms with van der Waals surface area (Å²) in [6.45, 7) is 4.03. The maximum Gasteiger partial charge on any atom is 0.257 e. The van der Waals surface area contributed by atoms with Crippen molar-refractivity contribution in [2.45, 2.75) is 25.6 Å². The largest absolute Gasteiger partial charge is 0.334 e. The lowest BCUT2D eigenvalue weighted by atomic mass is 10.1. The molecule has 0 saturated carbocycles. The standard InChI is InChI=1S/C13H17N3OS/c1-9-4-3-5-11(6-9)13-15-12(16-17-13)8-18-7-10(2)14/h3-6,10H,7-8,14H2,1-2H3. The Labute approximate surface area is 111 Å². The maximum absolute atomic E-state index is 5.68.